The molecule has 1 fully saturated rings. The lowest BCUT2D eigenvalue weighted by Crippen LogP contribution is -2.51. The second-order valence-electron chi connectivity index (χ2n) is 7.17. The number of hydrogen-bond acceptors (Lipinski definition) is 4. The number of piperazine rings is 1. The number of hydrogen-bond donors (Lipinski definition) is 0. The highest BCUT2D eigenvalue weighted by atomic mass is 32.2. The van der Waals surface area contributed by atoms with E-state index in [1.165, 1.54) is 21.9 Å². The monoisotopic (exact) mass is 400 g/mol. The van der Waals surface area contributed by atoms with Crippen molar-refractivity contribution in [3.8, 4) is 5.75 Å². The Morgan fingerprint density at radius 3 is 2.39 bits per heavy atom. The second kappa shape index (κ2) is 7.93. The predicted octanol–water partition coefficient (Wildman–Crippen LogP) is 2.09. The summed E-state index contributed by atoms with van der Waals surface area (Å²) >= 11 is 0. The first-order valence-corrected chi connectivity index (χ1v) is 11.1. The van der Waals surface area contributed by atoms with E-state index in [-0.39, 0.29) is 17.4 Å². The average Bonchev–Trinajstić information content (AvgIpc) is 3.20. The van der Waals surface area contributed by atoms with E-state index in [0.29, 0.717) is 26.2 Å². The molecule has 2 aromatic carbocycles. The van der Waals surface area contributed by atoms with Crippen LogP contribution in [-0.4, -0.2) is 56.3 Å². The summed E-state index contributed by atoms with van der Waals surface area (Å²) in [5.41, 5.74) is 2.68. The molecule has 6 nitrogen and oxygen atoms in total. The molecular formula is C21H24N2O4S. The molecule has 0 aromatic heterocycles. The molecule has 1 heterocycles. The summed E-state index contributed by atoms with van der Waals surface area (Å²) in [5, 5.41) is 0. The molecule has 0 saturated carbocycles. The third-order valence-corrected chi connectivity index (χ3v) is 7.32. The van der Waals surface area contributed by atoms with Crippen LogP contribution in [0.25, 0.3) is 0 Å². The van der Waals surface area contributed by atoms with Crippen LogP contribution in [0.4, 0.5) is 0 Å². The van der Waals surface area contributed by atoms with E-state index in [0.717, 1.165) is 18.6 Å². The topological polar surface area (TPSA) is 66.9 Å². The van der Waals surface area contributed by atoms with Crippen molar-refractivity contribution >= 4 is 15.9 Å². The van der Waals surface area contributed by atoms with Gasteiger partial charge >= 0.3 is 0 Å². The van der Waals surface area contributed by atoms with Gasteiger partial charge in [0.05, 0.1) is 4.90 Å². The summed E-state index contributed by atoms with van der Waals surface area (Å²) in [7, 11) is -3.51. The lowest BCUT2D eigenvalue weighted by molar-refractivity contribution is -0.134. The Morgan fingerprint density at radius 2 is 1.64 bits per heavy atom. The number of carbonyl (C=O) groups excluding carboxylic acids is 1. The Bertz CT molecular complexity index is 952. The highest BCUT2D eigenvalue weighted by molar-refractivity contribution is 7.89. The molecule has 0 unspecified atom stereocenters. The van der Waals surface area contributed by atoms with Crippen molar-refractivity contribution in [2.24, 2.45) is 0 Å². The van der Waals surface area contributed by atoms with E-state index < -0.39 is 10.0 Å². The molecule has 1 aliphatic carbocycles. The van der Waals surface area contributed by atoms with Crippen LogP contribution in [0.2, 0.25) is 0 Å². The van der Waals surface area contributed by atoms with Crippen molar-refractivity contribution in [3.63, 3.8) is 0 Å². The fourth-order valence-corrected chi connectivity index (χ4v) is 5.24. The fourth-order valence-electron chi connectivity index (χ4n) is 3.79. The van der Waals surface area contributed by atoms with Gasteiger partial charge in [-0.05, 0) is 54.7 Å². The van der Waals surface area contributed by atoms with Gasteiger partial charge in [-0.1, -0.05) is 24.3 Å². The Balaban J connectivity index is 1.30. The maximum absolute atomic E-state index is 12.7. The van der Waals surface area contributed by atoms with Gasteiger partial charge in [0.15, 0.2) is 6.61 Å². The summed E-state index contributed by atoms with van der Waals surface area (Å²) in [6.45, 7) is 1.31. The molecule has 28 heavy (non-hydrogen) atoms. The van der Waals surface area contributed by atoms with Crippen LogP contribution in [-0.2, 0) is 27.7 Å². The van der Waals surface area contributed by atoms with Crippen molar-refractivity contribution in [3.05, 3.63) is 59.7 Å². The number of rotatable bonds is 5. The van der Waals surface area contributed by atoms with Gasteiger partial charge in [0.2, 0.25) is 10.0 Å². The number of ether oxygens (including phenoxy) is 1. The Labute approximate surface area is 165 Å². The zero-order valence-electron chi connectivity index (χ0n) is 15.7. The third-order valence-electron chi connectivity index (χ3n) is 5.40. The molecule has 148 valence electrons. The van der Waals surface area contributed by atoms with Crippen molar-refractivity contribution < 1.29 is 17.9 Å². The zero-order chi connectivity index (χ0) is 19.6. The highest BCUT2D eigenvalue weighted by Crippen LogP contribution is 2.26. The molecule has 2 aromatic rings. The Kier molecular flexibility index (Phi) is 5.37. The van der Waals surface area contributed by atoms with Gasteiger partial charge in [-0.15, -0.1) is 0 Å². The first-order valence-electron chi connectivity index (χ1n) is 9.61. The van der Waals surface area contributed by atoms with Crippen molar-refractivity contribution in [1.82, 2.24) is 9.21 Å². The summed E-state index contributed by atoms with van der Waals surface area (Å²) in [4.78, 5) is 14.4. The average molecular weight is 401 g/mol. The van der Waals surface area contributed by atoms with E-state index >= 15 is 0 Å². The van der Waals surface area contributed by atoms with Gasteiger partial charge in [0.25, 0.3) is 5.91 Å². The quantitative estimate of drug-likeness (QED) is 0.771. The third kappa shape index (κ3) is 3.91. The zero-order valence-corrected chi connectivity index (χ0v) is 16.5. The largest absolute Gasteiger partial charge is 0.484 e. The van der Waals surface area contributed by atoms with Crippen molar-refractivity contribution in [2.75, 3.05) is 32.8 Å². The number of amides is 1. The van der Waals surface area contributed by atoms with Gasteiger partial charge in [0.1, 0.15) is 5.75 Å². The molecule has 0 radical (unpaired) electrons. The number of carbonyl (C=O) groups is 1. The molecule has 0 N–H and O–H groups in total. The van der Waals surface area contributed by atoms with E-state index in [1.54, 1.807) is 35.2 Å². The molecule has 4 rings (SSSR count). The summed E-state index contributed by atoms with van der Waals surface area (Å²) in [6, 6.07) is 14.4. The van der Waals surface area contributed by atoms with Gasteiger partial charge in [-0.2, -0.15) is 4.31 Å². The van der Waals surface area contributed by atoms with E-state index in [2.05, 4.69) is 6.07 Å². The van der Waals surface area contributed by atoms with Crippen LogP contribution in [0, 0.1) is 0 Å². The molecule has 1 amide bonds. The van der Waals surface area contributed by atoms with E-state index in [9.17, 15) is 13.2 Å². The molecule has 0 bridgehead atoms. The molecular weight excluding hydrogens is 376 g/mol. The van der Waals surface area contributed by atoms with Gasteiger partial charge in [-0.25, -0.2) is 8.42 Å². The van der Waals surface area contributed by atoms with Crippen LogP contribution in [0.15, 0.2) is 53.4 Å². The molecule has 1 aliphatic heterocycles. The Hall–Kier alpha value is -2.38. The molecule has 1 saturated heterocycles. The smallest absolute Gasteiger partial charge is 0.260 e. The van der Waals surface area contributed by atoms with Gasteiger partial charge in [0, 0.05) is 26.2 Å². The summed E-state index contributed by atoms with van der Waals surface area (Å²) in [6.07, 6.45) is 3.36. The summed E-state index contributed by atoms with van der Waals surface area (Å²) in [5.74, 6) is 0.608. The maximum atomic E-state index is 12.7. The summed E-state index contributed by atoms with van der Waals surface area (Å²) < 4.78 is 32.5. The number of benzene rings is 2. The number of sulfonamides is 1. The van der Waals surface area contributed by atoms with Gasteiger partial charge in [-0.3, -0.25) is 4.79 Å². The second-order valence-corrected chi connectivity index (χ2v) is 9.11. The first-order chi connectivity index (χ1) is 13.5. The van der Waals surface area contributed by atoms with Gasteiger partial charge < -0.3 is 9.64 Å². The number of aryl methyl sites for hydroxylation is 2. The standard InChI is InChI=1S/C21H24N2O4S/c24-21(16-27-19-10-9-17-5-4-6-18(17)15-19)22-11-13-23(14-12-22)28(25,26)20-7-2-1-3-8-20/h1-3,7-10,15H,4-6,11-14,16H2. The lowest BCUT2D eigenvalue weighted by Gasteiger charge is -2.34. The molecule has 7 heteroatoms. The number of nitrogens with zero attached hydrogens (tertiary/aromatic N) is 2. The number of fused-ring (bicyclic) bond motifs is 1. The molecule has 0 spiro atoms. The molecule has 2 aliphatic rings. The fraction of sp³-hybridized carbons (Fsp3) is 0.381. The maximum Gasteiger partial charge on any atom is 0.260 e. The van der Waals surface area contributed by atoms with Crippen LogP contribution >= 0.6 is 0 Å². The predicted molar refractivity (Wildman–Crippen MR) is 106 cm³/mol. The van der Waals surface area contributed by atoms with E-state index in [1.807, 2.05) is 12.1 Å². The molecule has 0 atom stereocenters. The van der Waals surface area contributed by atoms with Crippen molar-refractivity contribution in [1.29, 1.82) is 0 Å². The minimum Gasteiger partial charge on any atom is -0.484 e. The lowest BCUT2D eigenvalue weighted by atomic mass is 10.1. The van der Waals surface area contributed by atoms with Crippen LogP contribution < -0.4 is 4.74 Å². The van der Waals surface area contributed by atoms with Crippen molar-refractivity contribution in [2.45, 2.75) is 24.2 Å². The van der Waals surface area contributed by atoms with Crippen LogP contribution in [0.1, 0.15) is 17.5 Å². The SMILES string of the molecule is O=C(COc1ccc2c(c1)CCC2)N1CCN(S(=O)(=O)c2ccccc2)CC1. The van der Waals surface area contributed by atoms with E-state index in [4.69, 9.17) is 4.74 Å². The normalized spacial score (nSPS) is 17.4. The minimum absolute atomic E-state index is 0.0236. The highest BCUT2D eigenvalue weighted by Gasteiger charge is 2.30. The van der Waals surface area contributed by atoms with Crippen LogP contribution in [0.5, 0.6) is 5.75 Å². The van der Waals surface area contributed by atoms with Crippen LogP contribution in [0.3, 0.4) is 0 Å². The Morgan fingerprint density at radius 1 is 0.929 bits per heavy atom. The first kappa shape index (κ1) is 19.0. The minimum atomic E-state index is -3.51.